The molecule has 0 fully saturated rings. The minimum absolute atomic E-state index is 0.960. The van der Waals surface area contributed by atoms with E-state index in [9.17, 15) is 0 Å². The first-order chi connectivity index (χ1) is 8.19. The van der Waals surface area contributed by atoms with E-state index in [4.69, 9.17) is 4.74 Å². The number of rotatable bonds is 6. The van der Waals surface area contributed by atoms with E-state index in [1.807, 2.05) is 0 Å². The van der Waals surface area contributed by atoms with Gasteiger partial charge in [0.05, 0.1) is 7.11 Å². The molecule has 0 aliphatic heterocycles. The first-order valence-electron chi connectivity index (χ1n) is 6.21. The van der Waals surface area contributed by atoms with Crippen LogP contribution in [0.1, 0.15) is 30.0 Å². The van der Waals surface area contributed by atoms with Gasteiger partial charge in [0.2, 0.25) is 0 Å². The van der Waals surface area contributed by atoms with Gasteiger partial charge in [0.1, 0.15) is 5.75 Å². The van der Waals surface area contributed by atoms with Crippen molar-refractivity contribution in [1.29, 1.82) is 0 Å². The Morgan fingerprint density at radius 3 is 2.71 bits per heavy atom. The molecule has 94 valence electrons. The number of nitrogens with one attached hydrogen (secondary N) is 1. The molecule has 1 N–H and O–H groups in total. The Labute approximate surface area is 105 Å². The molecule has 0 radical (unpaired) electrons. The van der Waals surface area contributed by atoms with Gasteiger partial charge in [0.25, 0.3) is 0 Å². The third-order valence-electron chi connectivity index (χ3n) is 2.74. The van der Waals surface area contributed by atoms with Gasteiger partial charge in [-0.05, 0) is 50.6 Å². The number of benzene rings is 1. The van der Waals surface area contributed by atoms with Crippen LogP contribution >= 0.6 is 0 Å². The Morgan fingerprint density at radius 1 is 1.29 bits per heavy atom. The highest BCUT2D eigenvalue weighted by Crippen LogP contribution is 2.25. The minimum Gasteiger partial charge on any atom is -0.496 e. The van der Waals surface area contributed by atoms with E-state index >= 15 is 0 Å². The number of hydrogen-bond donors (Lipinski definition) is 1. The van der Waals surface area contributed by atoms with Crippen LogP contribution in [0.15, 0.2) is 18.2 Å². The minimum atomic E-state index is 0.960. The van der Waals surface area contributed by atoms with Gasteiger partial charge < -0.3 is 10.1 Å². The summed E-state index contributed by atoms with van der Waals surface area (Å²) in [5.74, 6) is 0.960. The molecule has 0 aliphatic rings. The molecule has 0 bridgehead atoms. The van der Waals surface area contributed by atoms with Gasteiger partial charge in [0.15, 0.2) is 0 Å². The Kier molecular flexibility index (Phi) is 5.78. The molecule has 0 unspecified atom stereocenters. The average molecular weight is 233 g/mol. The fourth-order valence-electron chi connectivity index (χ4n) is 1.89. The topological polar surface area (TPSA) is 21.3 Å². The van der Waals surface area contributed by atoms with Crippen LogP contribution in [0.5, 0.6) is 5.75 Å². The molecule has 0 aromatic heterocycles. The Bertz CT molecular complexity index is 383. The van der Waals surface area contributed by atoms with Crippen molar-refractivity contribution in [2.75, 3.05) is 20.2 Å². The number of aryl methyl sites for hydroxylation is 2. The van der Waals surface area contributed by atoms with Gasteiger partial charge in [-0.25, -0.2) is 0 Å². The molecule has 2 heteroatoms. The van der Waals surface area contributed by atoms with E-state index in [0.29, 0.717) is 0 Å². The largest absolute Gasteiger partial charge is 0.496 e. The predicted octanol–water partition coefficient (Wildman–Crippen LogP) is 3.32. The standard InChI is InChI=1S/C15H23NO/c1-5-16-9-7-6-8-14-13(3)10-12(2)11-15(14)17-4/h6,8,10-11,16H,5,7,9H2,1-4H3/b8-6+. The van der Waals surface area contributed by atoms with Crippen LogP contribution in [0.2, 0.25) is 0 Å². The van der Waals surface area contributed by atoms with E-state index in [-0.39, 0.29) is 0 Å². The fourth-order valence-corrected chi connectivity index (χ4v) is 1.89. The van der Waals surface area contributed by atoms with Crippen molar-refractivity contribution in [3.05, 3.63) is 34.9 Å². The summed E-state index contributed by atoms with van der Waals surface area (Å²) >= 11 is 0. The quantitative estimate of drug-likeness (QED) is 0.761. The van der Waals surface area contributed by atoms with Gasteiger partial charge in [-0.2, -0.15) is 0 Å². The van der Waals surface area contributed by atoms with Gasteiger partial charge in [-0.1, -0.05) is 25.1 Å². The molecular weight excluding hydrogens is 210 g/mol. The lowest BCUT2D eigenvalue weighted by molar-refractivity contribution is 0.413. The predicted molar refractivity (Wildman–Crippen MR) is 74.7 cm³/mol. The van der Waals surface area contributed by atoms with Crippen LogP contribution in [0, 0.1) is 13.8 Å². The molecule has 0 atom stereocenters. The first kappa shape index (κ1) is 13.8. The van der Waals surface area contributed by atoms with Crippen LogP contribution in [-0.4, -0.2) is 20.2 Å². The summed E-state index contributed by atoms with van der Waals surface area (Å²) < 4.78 is 5.42. The Hall–Kier alpha value is -1.28. The third-order valence-corrected chi connectivity index (χ3v) is 2.74. The zero-order valence-electron chi connectivity index (χ0n) is 11.3. The number of hydrogen-bond acceptors (Lipinski definition) is 2. The molecule has 0 saturated heterocycles. The molecule has 0 spiro atoms. The summed E-state index contributed by atoms with van der Waals surface area (Å²) in [5.41, 5.74) is 3.69. The molecule has 1 rings (SSSR count). The summed E-state index contributed by atoms with van der Waals surface area (Å²) in [6.45, 7) is 8.39. The lowest BCUT2D eigenvalue weighted by Gasteiger charge is -2.09. The Morgan fingerprint density at radius 2 is 2.06 bits per heavy atom. The van der Waals surface area contributed by atoms with E-state index in [2.05, 4.69) is 50.4 Å². The van der Waals surface area contributed by atoms with Gasteiger partial charge in [0, 0.05) is 5.56 Å². The summed E-state index contributed by atoms with van der Waals surface area (Å²) in [5, 5.41) is 3.30. The highest BCUT2D eigenvalue weighted by molar-refractivity contribution is 5.62. The van der Waals surface area contributed by atoms with E-state index in [0.717, 1.165) is 25.3 Å². The van der Waals surface area contributed by atoms with Crippen molar-refractivity contribution in [3.63, 3.8) is 0 Å². The third kappa shape index (κ3) is 4.23. The summed E-state index contributed by atoms with van der Waals surface area (Å²) in [4.78, 5) is 0. The second-order valence-electron chi connectivity index (χ2n) is 4.24. The lowest BCUT2D eigenvalue weighted by Crippen LogP contribution is -2.12. The molecule has 2 nitrogen and oxygen atoms in total. The van der Waals surface area contributed by atoms with Gasteiger partial charge in [-0.15, -0.1) is 0 Å². The SMILES string of the molecule is CCNCC/C=C/c1c(C)cc(C)cc1OC. The molecular formula is C15H23NO. The molecule has 0 amide bonds. The van der Waals surface area contributed by atoms with Crippen molar-refractivity contribution in [2.24, 2.45) is 0 Å². The second kappa shape index (κ2) is 7.13. The number of ether oxygens (including phenoxy) is 1. The highest BCUT2D eigenvalue weighted by Gasteiger charge is 2.03. The van der Waals surface area contributed by atoms with Crippen LogP contribution < -0.4 is 10.1 Å². The number of methoxy groups -OCH3 is 1. The summed E-state index contributed by atoms with van der Waals surface area (Å²) in [6.07, 6.45) is 5.40. The molecule has 0 aliphatic carbocycles. The van der Waals surface area contributed by atoms with Gasteiger partial charge in [-0.3, -0.25) is 0 Å². The van der Waals surface area contributed by atoms with Crippen LogP contribution in [-0.2, 0) is 0 Å². The second-order valence-corrected chi connectivity index (χ2v) is 4.24. The smallest absolute Gasteiger partial charge is 0.126 e. The maximum Gasteiger partial charge on any atom is 0.126 e. The van der Waals surface area contributed by atoms with Crippen molar-refractivity contribution >= 4 is 6.08 Å². The first-order valence-corrected chi connectivity index (χ1v) is 6.21. The lowest BCUT2D eigenvalue weighted by atomic mass is 10.0. The van der Waals surface area contributed by atoms with Crippen molar-refractivity contribution < 1.29 is 4.74 Å². The van der Waals surface area contributed by atoms with Gasteiger partial charge >= 0.3 is 0 Å². The van der Waals surface area contributed by atoms with E-state index in [1.54, 1.807) is 7.11 Å². The zero-order valence-corrected chi connectivity index (χ0v) is 11.3. The molecule has 0 saturated carbocycles. The van der Waals surface area contributed by atoms with Crippen molar-refractivity contribution in [3.8, 4) is 5.75 Å². The molecule has 1 aromatic carbocycles. The zero-order chi connectivity index (χ0) is 12.7. The summed E-state index contributed by atoms with van der Waals surface area (Å²) in [7, 11) is 1.73. The monoisotopic (exact) mass is 233 g/mol. The Balaban J connectivity index is 2.75. The molecule has 17 heavy (non-hydrogen) atoms. The van der Waals surface area contributed by atoms with Crippen molar-refractivity contribution in [2.45, 2.75) is 27.2 Å². The van der Waals surface area contributed by atoms with E-state index < -0.39 is 0 Å². The normalized spacial score (nSPS) is 11.1. The van der Waals surface area contributed by atoms with Crippen LogP contribution in [0.25, 0.3) is 6.08 Å². The highest BCUT2D eigenvalue weighted by atomic mass is 16.5. The fraction of sp³-hybridized carbons (Fsp3) is 0.467. The van der Waals surface area contributed by atoms with Crippen LogP contribution in [0.3, 0.4) is 0 Å². The molecule has 1 aromatic rings. The maximum atomic E-state index is 5.42. The van der Waals surface area contributed by atoms with Crippen LogP contribution in [0.4, 0.5) is 0 Å². The van der Waals surface area contributed by atoms with E-state index in [1.165, 1.54) is 16.7 Å². The maximum absolute atomic E-state index is 5.42. The van der Waals surface area contributed by atoms with Crippen molar-refractivity contribution in [1.82, 2.24) is 5.32 Å². The molecule has 0 heterocycles. The summed E-state index contributed by atoms with van der Waals surface area (Å²) in [6, 6.07) is 4.27. The average Bonchev–Trinajstić information content (AvgIpc) is 2.30.